The minimum atomic E-state index is -0.528. The summed E-state index contributed by atoms with van der Waals surface area (Å²) in [5, 5.41) is 14.7. The lowest BCUT2D eigenvalue weighted by Gasteiger charge is -2.34. The number of amides is 1. The molecule has 11 heteroatoms. The summed E-state index contributed by atoms with van der Waals surface area (Å²) in [6.45, 7) is 4.99. The van der Waals surface area contributed by atoms with Crippen LogP contribution >= 0.6 is 0 Å². The van der Waals surface area contributed by atoms with Crippen molar-refractivity contribution < 1.29 is 19.2 Å². The molecule has 1 fully saturated rings. The van der Waals surface area contributed by atoms with Gasteiger partial charge in [0, 0.05) is 37.4 Å². The number of nitrogens with zero attached hydrogens (tertiary/aromatic N) is 5. The van der Waals surface area contributed by atoms with E-state index in [1.807, 2.05) is 0 Å². The smallest absolute Gasteiger partial charge is 0.409 e. The van der Waals surface area contributed by atoms with Crippen LogP contribution in [-0.4, -0.2) is 64.5 Å². The van der Waals surface area contributed by atoms with Crippen molar-refractivity contribution in [1.82, 2.24) is 14.9 Å². The molecule has 0 bridgehead atoms. The van der Waals surface area contributed by atoms with Crippen molar-refractivity contribution in [2.24, 2.45) is 0 Å². The standard InChI is InChI=1S/C19H22N6O5/c1-3-30-19(27)24-10-8-23(9-11-24)18-16(25(28)29)17(20-12-21-18)22-15-6-4-14(5-7-15)13(2)26/h4-7,12H,3,8-11H2,1-2H3,(H,20,21,22). The normalized spacial score (nSPS) is 13.7. The van der Waals surface area contributed by atoms with E-state index in [9.17, 15) is 19.7 Å². The van der Waals surface area contributed by atoms with E-state index in [0.29, 0.717) is 44.0 Å². The number of carbonyl (C=O) groups is 2. The summed E-state index contributed by atoms with van der Waals surface area (Å²) < 4.78 is 5.00. The molecule has 1 aliphatic rings. The van der Waals surface area contributed by atoms with Crippen LogP contribution < -0.4 is 10.2 Å². The number of carbonyl (C=O) groups excluding carboxylic acids is 2. The first-order valence-corrected chi connectivity index (χ1v) is 9.44. The van der Waals surface area contributed by atoms with Crippen LogP contribution in [0.25, 0.3) is 0 Å². The van der Waals surface area contributed by atoms with E-state index in [4.69, 9.17) is 4.74 Å². The van der Waals surface area contributed by atoms with Crippen LogP contribution in [0.4, 0.5) is 27.8 Å². The van der Waals surface area contributed by atoms with Crippen molar-refractivity contribution in [1.29, 1.82) is 0 Å². The summed E-state index contributed by atoms with van der Waals surface area (Å²) in [4.78, 5) is 46.0. The monoisotopic (exact) mass is 414 g/mol. The van der Waals surface area contributed by atoms with Crippen molar-refractivity contribution in [2.75, 3.05) is 43.0 Å². The van der Waals surface area contributed by atoms with Crippen molar-refractivity contribution in [2.45, 2.75) is 13.8 Å². The van der Waals surface area contributed by atoms with E-state index >= 15 is 0 Å². The topological polar surface area (TPSA) is 131 Å². The number of benzene rings is 1. The summed E-state index contributed by atoms with van der Waals surface area (Å²) in [6.07, 6.45) is 0.859. The van der Waals surface area contributed by atoms with Crippen LogP contribution in [0.5, 0.6) is 0 Å². The van der Waals surface area contributed by atoms with Crippen LogP contribution in [0.3, 0.4) is 0 Å². The number of ether oxygens (including phenoxy) is 1. The molecule has 1 aromatic heterocycles. The summed E-state index contributed by atoms with van der Waals surface area (Å²) in [5.41, 5.74) is 0.843. The lowest BCUT2D eigenvalue weighted by Crippen LogP contribution is -2.49. The van der Waals surface area contributed by atoms with Gasteiger partial charge in [-0.25, -0.2) is 14.8 Å². The second-order valence-corrected chi connectivity index (χ2v) is 6.58. The Kier molecular flexibility index (Phi) is 6.40. The molecule has 1 aliphatic heterocycles. The number of aromatic nitrogens is 2. The first kappa shape index (κ1) is 21.0. The molecule has 0 radical (unpaired) electrons. The average molecular weight is 414 g/mol. The Morgan fingerprint density at radius 3 is 2.40 bits per heavy atom. The maximum absolute atomic E-state index is 11.9. The summed E-state index contributed by atoms with van der Waals surface area (Å²) >= 11 is 0. The van der Waals surface area contributed by atoms with Crippen LogP contribution in [0.2, 0.25) is 0 Å². The summed E-state index contributed by atoms with van der Waals surface area (Å²) in [5.74, 6) is 0.161. The molecule has 2 aromatic rings. The fraction of sp³-hybridized carbons (Fsp3) is 0.368. The van der Waals surface area contributed by atoms with Gasteiger partial charge in [-0.15, -0.1) is 0 Å². The van der Waals surface area contributed by atoms with Gasteiger partial charge in [0.05, 0.1) is 11.5 Å². The number of ketones is 1. The lowest BCUT2D eigenvalue weighted by atomic mass is 10.1. The molecule has 0 atom stereocenters. The van der Waals surface area contributed by atoms with E-state index in [1.54, 1.807) is 41.0 Å². The first-order valence-electron chi connectivity index (χ1n) is 9.44. The van der Waals surface area contributed by atoms with E-state index in [1.165, 1.54) is 13.3 Å². The number of nitrogens with one attached hydrogen (secondary N) is 1. The predicted octanol–water partition coefficient (Wildman–Crippen LogP) is 2.61. The molecule has 0 spiro atoms. The Labute approximate surface area is 172 Å². The van der Waals surface area contributed by atoms with E-state index in [2.05, 4.69) is 15.3 Å². The summed E-state index contributed by atoms with van der Waals surface area (Å²) in [7, 11) is 0. The number of Topliss-reactive ketones (excluding diaryl/α,β-unsaturated/α-hetero) is 1. The number of anilines is 3. The molecule has 0 aliphatic carbocycles. The van der Waals surface area contributed by atoms with Crippen molar-refractivity contribution in [3.63, 3.8) is 0 Å². The Morgan fingerprint density at radius 2 is 1.83 bits per heavy atom. The molecule has 30 heavy (non-hydrogen) atoms. The van der Waals surface area contributed by atoms with Gasteiger partial charge >= 0.3 is 11.8 Å². The SMILES string of the molecule is CCOC(=O)N1CCN(c2ncnc(Nc3ccc(C(C)=O)cc3)c2[N+](=O)[O-])CC1. The van der Waals surface area contributed by atoms with Crippen LogP contribution in [0.15, 0.2) is 30.6 Å². The third kappa shape index (κ3) is 4.62. The number of rotatable bonds is 6. The van der Waals surface area contributed by atoms with E-state index < -0.39 is 11.0 Å². The third-order valence-corrected chi connectivity index (χ3v) is 4.64. The highest BCUT2D eigenvalue weighted by Crippen LogP contribution is 2.34. The highest BCUT2D eigenvalue weighted by atomic mass is 16.6. The van der Waals surface area contributed by atoms with Gasteiger partial charge in [-0.05, 0) is 38.1 Å². The fourth-order valence-electron chi connectivity index (χ4n) is 3.10. The highest BCUT2D eigenvalue weighted by Gasteiger charge is 2.30. The van der Waals surface area contributed by atoms with Crippen LogP contribution in [0, 0.1) is 10.1 Å². The molecule has 158 valence electrons. The Hall–Kier alpha value is -3.76. The molecular weight excluding hydrogens is 392 g/mol. The minimum absolute atomic E-state index is 0.0494. The molecule has 1 aromatic carbocycles. The van der Waals surface area contributed by atoms with Crippen LogP contribution in [0.1, 0.15) is 24.2 Å². The van der Waals surface area contributed by atoms with Gasteiger partial charge in [-0.2, -0.15) is 0 Å². The van der Waals surface area contributed by atoms with Gasteiger partial charge in [0.2, 0.25) is 11.6 Å². The quantitative estimate of drug-likeness (QED) is 0.430. The number of piperazine rings is 1. The maximum Gasteiger partial charge on any atom is 0.409 e. The molecule has 0 unspecified atom stereocenters. The zero-order valence-corrected chi connectivity index (χ0v) is 16.7. The molecule has 2 heterocycles. The Morgan fingerprint density at radius 1 is 1.17 bits per heavy atom. The number of hydrogen-bond donors (Lipinski definition) is 1. The van der Waals surface area contributed by atoms with Crippen molar-refractivity contribution in [3.8, 4) is 0 Å². The molecule has 1 saturated heterocycles. The average Bonchev–Trinajstić information content (AvgIpc) is 2.74. The third-order valence-electron chi connectivity index (χ3n) is 4.64. The van der Waals surface area contributed by atoms with E-state index in [0.717, 1.165) is 0 Å². The molecule has 3 rings (SSSR count). The van der Waals surface area contributed by atoms with Gasteiger partial charge in [-0.1, -0.05) is 0 Å². The number of nitro groups is 1. The van der Waals surface area contributed by atoms with Crippen LogP contribution in [-0.2, 0) is 4.74 Å². The molecule has 1 amide bonds. The molecule has 11 nitrogen and oxygen atoms in total. The highest BCUT2D eigenvalue weighted by molar-refractivity contribution is 5.94. The lowest BCUT2D eigenvalue weighted by molar-refractivity contribution is -0.383. The maximum atomic E-state index is 11.9. The Balaban J connectivity index is 1.81. The van der Waals surface area contributed by atoms with Crippen molar-refractivity contribution in [3.05, 3.63) is 46.3 Å². The zero-order chi connectivity index (χ0) is 21.7. The second kappa shape index (κ2) is 9.16. The summed E-state index contributed by atoms with van der Waals surface area (Å²) in [6, 6.07) is 6.57. The predicted molar refractivity (Wildman–Crippen MR) is 109 cm³/mol. The van der Waals surface area contributed by atoms with Gasteiger partial charge < -0.3 is 19.9 Å². The van der Waals surface area contributed by atoms with Gasteiger partial charge in [0.15, 0.2) is 5.78 Å². The molecular formula is C19H22N6O5. The van der Waals surface area contributed by atoms with Crippen molar-refractivity contribution >= 4 is 34.9 Å². The first-order chi connectivity index (χ1) is 14.4. The van der Waals surface area contributed by atoms with E-state index in [-0.39, 0.29) is 23.1 Å². The number of hydrogen-bond acceptors (Lipinski definition) is 9. The largest absolute Gasteiger partial charge is 0.450 e. The Bertz CT molecular complexity index is 941. The molecule has 1 N–H and O–H groups in total. The molecule has 0 saturated carbocycles. The minimum Gasteiger partial charge on any atom is -0.450 e. The zero-order valence-electron chi connectivity index (χ0n) is 16.7. The second-order valence-electron chi connectivity index (χ2n) is 6.58. The van der Waals surface area contributed by atoms with Gasteiger partial charge in [0.1, 0.15) is 6.33 Å². The van der Waals surface area contributed by atoms with Gasteiger partial charge in [-0.3, -0.25) is 14.9 Å². The fourth-order valence-corrected chi connectivity index (χ4v) is 3.10. The van der Waals surface area contributed by atoms with Gasteiger partial charge in [0.25, 0.3) is 0 Å².